The van der Waals surface area contributed by atoms with Crippen molar-refractivity contribution >= 4 is 15.9 Å². The van der Waals surface area contributed by atoms with Gasteiger partial charge >= 0.3 is 0 Å². The SMILES string of the molecule is Cc1nc(S(=O)(=O)N2CCC3(CC2)CNC(=O)C3)cn1C. The second-order valence-electron chi connectivity index (χ2n) is 6.09. The fourth-order valence-electron chi connectivity index (χ4n) is 3.09. The number of aromatic nitrogens is 2. The summed E-state index contributed by atoms with van der Waals surface area (Å²) in [5, 5.41) is 2.96. The van der Waals surface area contributed by atoms with E-state index in [0.29, 0.717) is 31.9 Å². The number of carbonyl (C=O) groups excluding carboxylic acids is 1. The maximum Gasteiger partial charge on any atom is 0.262 e. The molecule has 2 saturated heterocycles. The van der Waals surface area contributed by atoms with Crippen LogP contribution in [-0.2, 0) is 21.9 Å². The number of nitrogens with one attached hydrogen (secondary N) is 1. The molecule has 2 aliphatic heterocycles. The average Bonchev–Trinajstić information content (AvgIpc) is 2.95. The van der Waals surface area contributed by atoms with Gasteiger partial charge < -0.3 is 9.88 Å². The molecule has 1 spiro atoms. The summed E-state index contributed by atoms with van der Waals surface area (Å²) in [5.41, 5.74) is -0.0524. The summed E-state index contributed by atoms with van der Waals surface area (Å²) >= 11 is 0. The Kier molecular flexibility index (Phi) is 3.32. The van der Waals surface area contributed by atoms with Crippen molar-refractivity contribution in [2.45, 2.75) is 31.2 Å². The molecule has 0 aromatic carbocycles. The van der Waals surface area contributed by atoms with Crippen LogP contribution in [0.2, 0.25) is 0 Å². The topological polar surface area (TPSA) is 84.3 Å². The van der Waals surface area contributed by atoms with Crippen molar-refractivity contribution in [1.29, 1.82) is 0 Å². The fraction of sp³-hybridized carbons (Fsp3) is 0.692. The lowest BCUT2D eigenvalue weighted by atomic mass is 9.78. The quantitative estimate of drug-likeness (QED) is 0.834. The van der Waals surface area contributed by atoms with Crippen molar-refractivity contribution in [3.8, 4) is 0 Å². The molecule has 1 aromatic heterocycles. The van der Waals surface area contributed by atoms with Crippen molar-refractivity contribution in [3.63, 3.8) is 0 Å². The minimum Gasteiger partial charge on any atom is -0.356 e. The Labute approximate surface area is 124 Å². The van der Waals surface area contributed by atoms with Crippen LogP contribution in [0.3, 0.4) is 0 Å². The van der Waals surface area contributed by atoms with E-state index in [0.717, 1.165) is 12.8 Å². The molecular formula is C13H20N4O3S. The largest absolute Gasteiger partial charge is 0.356 e. The van der Waals surface area contributed by atoms with E-state index in [1.807, 2.05) is 0 Å². The molecule has 0 atom stereocenters. The summed E-state index contributed by atoms with van der Waals surface area (Å²) in [6.07, 6.45) is 3.51. The summed E-state index contributed by atoms with van der Waals surface area (Å²) in [4.78, 5) is 15.5. The first kappa shape index (κ1) is 14.5. The summed E-state index contributed by atoms with van der Waals surface area (Å²) in [6.45, 7) is 3.35. The third-order valence-corrected chi connectivity index (χ3v) is 6.44. The van der Waals surface area contributed by atoms with Gasteiger partial charge in [0.2, 0.25) is 5.91 Å². The van der Waals surface area contributed by atoms with Crippen LogP contribution in [0.5, 0.6) is 0 Å². The third-order valence-electron chi connectivity index (χ3n) is 4.67. The van der Waals surface area contributed by atoms with Crippen LogP contribution >= 0.6 is 0 Å². The molecular weight excluding hydrogens is 292 g/mol. The second-order valence-corrected chi connectivity index (χ2v) is 7.98. The van der Waals surface area contributed by atoms with Crippen LogP contribution in [0.25, 0.3) is 0 Å². The number of rotatable bonds is 2. The van der Waals surface area contributed by atoms with Crippen LogP contribution in [0.15, 0.2) is 11.2 Å². The molecule has 0 bridgehead atoms. The number of aryl methyl sites for hydroxylation is 2. The highest BCUT2D eigenvalue weighted by molar-refractivity contribution is 7.89. The lowest BCUT2D eigenvalue weighted by Crippen LogP contribution is -2.44. The van der Waals surface area contributed by atoms with Crippen molar-refractivity contribution < 1.29 is 13.2 Å². The molecule has 3 rings (SSSR count). The van der Waals surface area contributed by atoms with E-state index in [1.165, 1.54) is 4.31 Å². The molecule has 0 saturated carbocycles. The third kappa shape index (κ3) is 2.46. The number of nitrogens with zero attached hydrogens (tertiary/aromatic N) is 3. The molecule has 21 heavy (non-hydrogen) atoms. The number of hydrogen-bond acceptors (Lipinski definition) is 4. The van der Waals surface area contributed by atoms with Gasteiger partial charge in [0.25, 0.3) is 10.0 Å². The Bertz CT molecular complexity index is 652. The lowest BCUT2D eigenvalue weighted by Gasteiger charge is -2.37. The van der Waals surface area contributed by atoms with Crippen molar-refractivity contribution in [2.75, 3.05) is 19.6 Å². The predicted molar refractivity (Wildman–Crippen MR) is 76.0 cm³/mol. The summed E-state index contributed by atoms with van der Waals surface area (Å²) in [7, 11) is -1.75. The van der Waals surface area contributed by atoms with Crippen molar-refractivity contribution in [2.24, 2.45) is 12.5 Å². The second kappa shape index (κ2) is 4.81. The molecule has 0 unspecified atom stereocenters. The van der Waals surface area contributed by atoms with Crippen LogP contribution in [0.4, 0.5) is 0 Å². The molecule has 1 amide bonds. The van der Waals surface area contributed by atoms with E-state index in [2.05, 4.69) is 10.3 Å². The zero-order chi connectivity index (χ0) is 15.3. The van der Waals surface area contributed by atoms with Gasteiger partial charge in [0, 0.05) is 39.3 Å². The van der Waals surface area contributed by atoms with Crippen LogP contribution in [-0.4, -0.2) is 47.8 Å². The molecule has 2 aliphatic rings. The molecule has 2 fully saturated rings. The highest BCUT2D eigenvalue weighted by atomic mass is 32.2. The van der Waals surface area contributed by atoms with Crippen LogP contribution in [0, 0.1) is 12.3 Å². The van der Waals surface area contributed by atoms with E-state index >= 15 is 0 Å². The average molecular weight is 312 g/mol. The van der Waals surface area contributed by atoms with Gasteiger partial charge in [-0.25, -0.2) is 13.4 Å². The van der Waals surface area contributed by atoms with Gasteiger partial charge in [-0.2, -0.15) is 4.31 Å². The van der Waals surface area contributed by atoms with Crippen molar-refractivity contribution in [3.05, 3.63) is 12.0 Å². The zero-order valence-electron chi connectivity index (χ0n) is 12.3. The normalized spacial score (nSPS) is 22.7. The number of amides is 1. The Hall–Kier alpha value is -1.41. The molecule has 0 radical (unpaired) electrons. The van der Waals surface area contributed by atoms with E-state index in [4.69, 9.17) is 0 Å². The van der Waals surface area contributed by atoms with E-state index in [1.54, 1.807) is 24.7 Å². The van der Waals surface area contributed by atoms with E-state index in [9.17, 15) is 13.2 Å². The number of imidazole rings is 1. The van der Waals surface area contributed by atoms with Gasteiger partial charge in [-0.15, -0.1) is 0 Å². The number of hydrogen-bond donors (Lipinski definition) is 1. The maximum absolute atomic E-state index is 12.6. The molecule has 7 nitrogen and oxygen atoms in total. The first-order valence-electron chi connectivity index (χ1n) is 7.09. The van der Waals surface area contributed by atoms with Gasteiger partial charge in [-0.3, -0.25) is 4.79 Å². The Balaban J connectivity index is 1.75. The monoisotopic (exact) mass is 312 g/mol. The van der Waals surface area contributed by atoms with Gasteiger partial charge in [0.1, 0.15) is 5.82 Å². The Morgan fingerprint density at radius 3 is 2.48 bits per heavy atom. The maximum atomic E-state index is 12.6. The summed E-state index contributed by atoms with van der Waals surface area (Å²) in [5.74, 6) is 0.749. The minimum absolute atomic E-state index is 0.0524. The number of piperidine rings is 1. The predicted octanol–water partition coefficient (Wildman–Crippen LogP) is 0.0193. The van der Waals surface area contributed by atoms with Gasteiger partial charge in [-0.05, 0) is 25.2 Å². The van der Waals surface area contributed by atoms with Crippen LogP contribution < -0.4 is 5.32 Å². The van der Waals surface area contributed by atoms with Gasteiger partial charge in [0.15, 0.2) is 5.03 Å². The van der Waals surface area contributed by atoms with E-state index in [-0.39, 0.29) is 16.3 Å². The minimum atomic E-state index is -3.53. The van der Waals surface area contributed by atoms with Gasteiger partial charge in [-0.1, -0.05) is 0 Å². The van der Waals surface area contributed by atoms with Crippen LogP contribution in [0.1, 0.15) is 25.1 Å². The molecule has 8 heteroatoms. The first-order chi connectivity index (χ1) is 9.82. The smallest absolute Gasteiger partial charge is 0.262 e. The molecule has 1 aromatic rings. The number of sulfonamides is 1. The standard InChI is InChI=1S/C13H20N4O3S/c1-10-15-12(8-16(10)2)21(19,20)17-5-3-13(4-6-17)7-11(18)14-9-13/h8H,3-7,9H2,1-2H3,(H,14,18). The summed E-state index contributed by atoms with van der Waals surface area (Å²) < 4.78 is 28.4. The molecule has 116 valence electrons. The molecule has 0 aliphatic carbocycles. The Morgan fingerprint density at radius 2 is 2.00 bits per heavy atom. The lowest BCUT2D eigenvalue weighted by molar-refractivity contribution is -0.119. The Morgan fingerprint density at radius 1 is 1.33 bits per heavy atom. The zero-order valence-corrected chi connectivity index (χ0v) is 13.1. The highest BCUT2D eigenvalue weighted by Gasteiger charge is 2.43. The summed E-state index contributed by atoms with van der Waals surface area (Å²) in [6, 6.07) is 0. The van der Waals surface area contributed by atoms with Crippen molar-refractivity contribution in [1.82, 2.24) is 19.2 Å². The fourth-order valence-corrected chi connectivity index (χ4v) is 4.56. The van der Waals surface area contributed by atoms with E-state index < -0.39 is 10.0 Å². The first-order valence-corrected chi connectivity index (χ1v) is 8.53. The molecule has 1 N–H and O–H groups in total. The van der Waals surface area contributed by atoms with Gasteiger partial charge in [0.05, 0.1) is 0 Å². The molecule has 3 heterocycles. The highest BCUT2D eigenvalue weighted by Crippen LogP contribution is 2.38. The number of carbonyl (C=O) groups is 1.